The van der Waals surface area contributed by atoms with Crippen LogP contribution >= 0.6 is 0 Å². The van der Waals surface area contributed by atoms with Crippen LogP contribution in [0.25, 0.3) is 17.0 Å². The summed E-state index contributed by atoms with van der Waals surface area (Å²) in [6.45, 7) is 1.04. The first-order valence-corrected chi connectivity index (χ1v) is 10.9. The molecule has 1 aromatic carbocycles. The predicted octanol–water partition coefficient (Wildman–Crippen LogP) is 3.15. The third-order valence-corrected chi connectivity index (χ3v) is 5.62. The quantitative estimate of drug-likeness (QED) is 0.296. The van der Waals surface area contributed by atoms with E-state index in [0.29, 0.717) is 13.2 Å². The number of methoxy groups -OCH3 is 1. The summed E-state index contributed by atoms with van der Waals surface area (Å²) >= 11 is 0. The number of hydrogen-bond donors (Lipinski definition) is 2. The highest BCUT2D eigenvalue weighted by molar-refractivity contribution is 6.04. The molecule has 2 aromatic rings. The van der Waals surface area contributed by atoms with Crippen molar-refractivity contribution >= 4 is 28.8 Å². The largest absolute Gasteiger partial charge is 0.383 e. The maximum Gasteiger partial charge on any atom is 0.262 e. The minimum Gasteiger partial charge on any atom is -0.383 e. The number of carbonyl (C=O) groups is 2. The third kappa shape index (κ3) is 6.19. The normalized spacial score (nSPS) is 15.3. The van der Waals surface area contributed by atoms with E-state index < -0.39 is 0 Å². The standard InChI is InChI=1S/C24H30N4O3/c1-31-13-12-26-23(29)17-28-16-19(21-10-6-7-11-22(21)28)14-18(15-25)24(30)27-20-8-4-2-3-5-9-20/h6-7,10-11,14,16,20H,2-5,8-9,12-13,17H2,1H3,(H,26,29)(H,27,30)/b18-14+. The van der Waals surface area contributed by atoms with E-state index in [-0.39, 0.29) is 30.0 Å². The number of hydrogen-bond acceptors (Lipinski definition) is 4. The lowest BCUT2D eigenvalue weighted by atomic mass is 10.1. The summed E-state index contributed by atoms with van der Waals surface area (Å²) in [5, 5.41) is 16.4. The number of para-hydroxylation sites is 1. The Bertz CT molecular complexity index is 978. The van der Waals surface area contributed by atoms with E-state index in [0.717, 1.165) is 42.1 Å². The van der Waals surface area contributed by atoms with E-state index in [9.17, 15) is 14.9 Å². The van der Waals surface area contributed by atoms with Crippen molar-refractivity contribution in [3.05, 3.63) is 41.6 Å². The maximum absolute atomic E-state index is 12.7. The van der Waals surface area contributed by atoms with Crippen molar-refractivity contribution in [1.29, 1.82) is 5.26 Å². The van der Waals surface area contributed by atoms with Gasteiger partial charge in [-0.1, -0.05) is 43.9 Å². The topological polar surface area (TPSA) is 96.2 Å². The average molecular weight is 423 g/mol. The number of benzene rings is 1. The molecule has 1 aliphatic carbocycles. The first kappa shape index (κ1) is 22.6. The van der Waals surface area contributed by atoms with Gasteiger partial charge in [0.25, 0.3) is 5.91 Å². The van der Waals surface area contributed by atoms with Gasteiger partial charge in [-0.3, -0.25) is 9.59 Å². The zero-order valence-corrected chi connectivity index (χ0v) is 18.0. The Labute approximate surface area is 183 Å². The van der Waals surface area contributed by atoms with Crippen LogP contribution in [0.3, 0.4) is 0 Å². The number of nitrogens with one attached hydrogen (secondary N) is 2. The lowest BCUT2D eigenvalue weighted by Gasteiger charge is -2.15. The zero-order valence-electron chi connectivity index (χ0n) is 18.0. The van der Waals surface area contributed by atoms with Crippen LogP contribution in [0.1, 0.15) is 44.1 Å². The Morgan fingerprint density at radius 1 is 1.23 bits per heavy atom. The van der Waals surface area contributed by atoms with Gasteiger partial charge in [0.15, 0.2) is 0 Å². The molecular formula is C24H30N4O3. The number of ether oxygens (including phenoxy) is 1. The van der Waals surface area contributed by atoms with Crippen LogP contribution in [0.4, 0.5) is 0 Å². The summed E-state index contributed by atoms with van der Waals surface area (Å²) < 4.78 is 6.79. The van der Waals surface area contributed by atoms with Gasteiger partial charge in [0.05, 0.1) is 6.61 Å². The fourth-order valence-corrected chi connectivity index (χ4v) is 4.02. The smallest absolute Gasteiger partial charge is 0.262 e. The molecule has 0 aliphatic heterocycles. The Balaban J connectivity index is 1.80. The summed E-state index contributed by atoms with van der Waals surface area (Å²) in [7, 11) is 1.59. The van der Waals surface area contributed by atoms with Gasteiger partial charge in [-0.15, -0.1) is 0 Å². The molecule has 7 nitrogen and oxygen atoms in total. The molecule has 0 unspecified atom stereocenters. The lowest BCUT2D eigenvalue weighted by Crippen LogP contribution is -2.35. The fourth-order valence-electron chi connectivity index (χ4n) is 4.02. The van der Waals surface area contributed by atoms with Gasteiger partial charge in [0.2, 0.25) is 5.91 Å². The summed E-state index contributed by atoms with van der Waals surface area (Å²) in [4.78, 5) is 25.0. The van der Waals surface area contributed by atoms with Gasteiger partial charge in [0.1, 0.15) is 18.2 Å². The molecule has 2 amide bonds. The fraction of sp³-hybridized carbons (Fsp3) is 0.458. The van der Waals surface area contributed by atoms with Crippen molar-refractivity contribution in [3.63, 3.8) is 0 Å². The molecule has 0 spiro atoms. The van der Waals surface area contributed by atoms with Gasteiger partial charge < -0.3 is 19.9 Å². The second kappa shape index (κ2) is 11.3. The number of amides is 2. The first-order valence-electron chi connectivity index (χ1n) is 10.9. The van der Waals surface area contributed by atoms with E-state index in [1.807, 2.05) is 35.0 Å². The van der Waals surface area contributed by atoms with Crippen molar-refractivity contribution in [1.82, 2.24) is 15.2 Å². The third-order valence-electron chi connectivity index (χ3n) is 5.62. The Kier molecular flexibility index (Phi) is 8.25. The molecule has 0 radical (unpaired) electrons. The molecule has 2 N–H and O–H groups in total. The maximum atomic E-state index is 12.7. The molecule has 0 atom stereocenters. The number of rotatable bonds is 8. The minimum absolute atomic E-state index is 0.0803. The van der Waals surface area contributed by atoms with Crippen LogP contribution < -0.4 is 10.6 Å². The first-order chi connectivity index (χ1) is 15.1. The van der Waals surface area contributed by atoms with Crippen molar-refractivity contribution in [2.24, 2.45) is 0 Å². The summed E-state index contributed by atoms with van der Waals surface area (Å²) in [6, 6.07) is 9.84. The predicted molar refractivity (Wildman–Crippen MR) is 120 cm³/mol. The van der Waals surface area contributed by atoms with Crippen LogP contribution in [0.5, 0.6) is 0 Å². The number of nitrogens with zero attached hydrogens (tertiary/aromatic N) is 2. The van der Waals surface area contributed by atoms with E-state index in [4.69, 9.17) is 4.74 Å². The summed E-state index contributed by atoms with van der Waals surface area (Å²) in [5.41, 5.74) is 1.70. The highest BCUT2D eigenvalue weighted by atomic mass is 16.5. The molecule has 164 valence electrons. The molecule has 1 fully saturated rings. The molecule has 1 aliphatic rings. The van der Waals surface area contributed by atoms with Gasteiger partial charge in [-0.25, -0.2) is 0 Å². The second-order valence-corrected chi connectivity index (χ2v) is 7.90. The van der Waals surface area contributed by atoms with Crippen LogP contribution in [0, 0.1) is 11.3 Å². The van der Waals surface area contributed by atoms with Gasteiger partial charge in [-0.2, -0.15) is 5.26 Å². The van der Waals surface area contributed by atoms with Gasteiger partial charge in [0, 0.05) is 42.4 Å². The lowest BCUT2D eigenvalue weighted by molar-refractivity contribution is -0.121. The molecule has 31 heavy (non-hydrogen) atoms. The summed E-state index contributed by atoms with van der Waals surface area (Å²) in [6.07, 6.45) is 9.97. The van der Waals surface area contributed by atoms with Crippen LogP contribution in [0.15, 0.2) is 36.0 Å². The van der Waals surface area contributed by atoms with E-state index in [1.165, 1.54) is 12.8 Å². The summed E-state index contributed by atoms with van der Waals surface area (Å²) in [5.74, 6) is -0.455. The zero-order chi connectivity index (χ0) is 22.1. The van der Waals surface area contributed by atoms with Crippen molar-refractivity contribution < 1.29 is 14.3 Å². The van der Waals surface area contributed by atoms with E-state index in [2.05, 4.69) is 16.7 Å². The Morgan fingerprint density at radius 3 is 2.68 bits per heavy atom. The molecule has 1 aromatic heterocycles. The van der Waals surface area contributed by atoms with Gasteiger partial charge in [-0.05, 0) is 25.0 Å². The highest BCUT2D eigenvalue weighted by Gasteiger charge is 2.18. The average Bonchev–Trinajstić information content (AvgIpc) is 2.92. The van der Waals surface area contributed by atoms with E-state index in [1.54, 1.807) is 13.2 Å². The van der Waals surface area contributed by atoms with Crippen molar-refractivity contribution in [2.45, 2.75) is 51.1 Å². The number of aromatic nitrogens is 1. The molecule has 1 saturated carbocycles. The van der Waals surface area contributed by atoms with E-state index >= 15 is 0 Å². The molecule has 7 heteroatoms. The minimum atomic E-state index is -0.330. The second-order valence-electron chi connectivity index (χ2n) is 7.90. The monoisotopic (exact) mass is 422 g/mol. The molecule has 0 bridgehead atoms. The number of fused-ring (bicyclic) bond motifs is 1. The highest BCUT2D eigenvalue weighted by Crippen LogP contribution is 2.24. The van der Waals surface area contributed by atoms with Crippen LogP contribution in [-0.4, -0.2) is 42.7 Å². The molecule has 1 heterocycles. The van der Waals surface area contributed by atoms with Crippen molar-refractivity contribution in [2.75, 3.05) is 20.3 Å². The Hall–Kier alpha value is -3.11. The van der Waals surface area contributed by atoms with Crippen LogP contribution in [0.2, 0.25) is 0 Å². The van der Waals surface area contributed by atoms with Crippen LogP contribution in [-0.2, 0) is 20.9 Å². The Morgan fingerprint density at radius 2 is 1.97 bits per heavy atom. The molecule has 3 rings (SSSR count). The molecule has 0 saturated heterocycles. The number of nitriles is 1. The van der Waals surface area contributed by atoms with Gasteiger partial charge >= 0.3 is 0 Å². The van der Waals surface area contributed by atoms with Crippen molar-refractivity contribution in [3.8, 4) is 6.07 Å². The molecular weight excluding hydrogens is 392 g/mol. The number of carbonyl (C=O) groups excluding carboxylic acids is 2. The SMILES string of the molecule is COCCNC(=O)Cn1cc(/C=C(\C#N)C(=O)NC2CCCCCC2)c2ccccc21.